The molecule has 32 heavy (non-hydrogen) atoms. The lowest BCUT2D eigenvalue weighted by atomic mass is 9.98. The van der Waals surface area contributed by atoms with Gasteiger partial charge in [-0.05, 0) is 49.1 Å². The van der Waals surface area contributed by atoms with E-state index in [-0.39, 0.29) is 12.2 Å². The van der Waals surface area contributed by atoms with Crippen LogP contribution in [0.5, 0.6) is 11.5 Å². The van der Waals surface area contributed by atoms with Crippen molar-refractivity contribution in [3.8, 4) is 11.5 Å². The predicted molar refractivity (Wildman–Crippen MR) is 129 cm³/mol. The first kappa shape index (κ1) is 25.9. The number of ether oxygens (including phenoxy) is 1. The number of nitrogens with zero attached hydrogens (tertiary/aromatic N) is 1. The van der Waals surface area contributed by atoms with E-state index in [2.05, 4.69) is 5.16 Å². The highest BCUT2D eigenvalue weighted by Crippen LogP contribution is 2.34. The lowest BCUT2D eigenvalue weighted by Gasteiger charge is -2.16. The molecule has 2 rings (SSSR count). The van der Waals surface area contributed by atoms with Gasteiger partial charge in [0.15, 0.2) is 0 Å². The first-order valence-electron chi connectivity index (χ1n) is 10.7. The van der Waals surface area contributed by atoms with E-state index in [1.807, 2.05) is 26.0 Å². The molecule has 0 saturated heterocycles. The van der Waals surface area contributed by atoms with E-state index >= 15 is 0 Å². The monoisotopic (exact) mass is 479 g/mol. The molecule has 0 spiro atoms. The second-order valence-corrected chi connectivity index (χ2v) is 8.91. The van der Waals surface area contributed by atoms with Crippen molar-refractivity contribution in [1.82, 2.24) is 0 Å². The third-order valence-electron chi connectivity index (χ3n) is 4.81. The number of thioether (sulfide) groups is 1. The van der Waals surface area contributed by atoms with Crippen LogP contribution in [0.25, 0.3) is 0 Å². The van der Waals surface area contributed by atoms with Crippen molar-refractivity contribution in [3.05, 3.63) is 52.0 Å². The van der Waals surface area contributed by atoms with Crippen LogP contribution in [0.3, 0.4) is 0 Å². The molecule has 0 aliphatic carbocycles. The van der Waals surface area contributed by atoms with Crippen LogP contribution in [-0.2, 0) is 17.6 Å². The highest BCUT2D eigenvalue weighted by atomic mass is 35.5. The number of hydrogen-bond donors (Lipinski definition) is 3. The van der Waals surface area contributed by atoms with Gasteiger partial charge in [-0.25, -0.2) is 0 Å². The number of rotatable bonds is 13. The minimum atomic E-state index is -0.884. The summed E-state index contributed by atoms with van der Waals surface area (Å²) in [5.41, 5.74) is 2.42. The van der Waals surface area contributed by atoms with Gasteiger partial charge in [-0.3, -0.25) is 4.79 Å². The van der Waals surface area contributed by atoms with Gasteiger partial charge < -0.3 is 20.2 Å². The summed E-state index contributed by atoms with van der Waals surface area (Å²) < 4.78 is 5.96. The smallest absolute Gasteiger partial charge is 0.307 e. The molecular weight excluding hydrogens is 450 g/mol. The molecule has 3 N–H and O–H groups in total. The maximum atomic E-state index is 10.8. The molecule has 0 heterocycles. The minimum Gasteiger partial charge on any atom is -0.507 e. The molecule has 0 unspecified atom stereocenters. The van der Waals surface area contributed by atoms with Crippen molar-refractivity contribution in [2.24, 2.45) is 5.16 Å². The van der Waals surface area contributed by atoms with Crippen molar-refractivity contribution >= 4 is 35.0 Å². The molecule has 0 fully saturated rings. The van der Waals surface area contributed by atoms with E-state index in [1.54, 1.807) is 30.0 Å². The first-order valence-corrected chi connectivity index (χ1v) is 12.1. The largest absolute Gasteiger partial charge is 0.507 e. The van der Waals surface area contributed by atoms with Crippen molar-refractivity contribution in [1.29, 1.82) is 0 Å². The molecule has 2 aromatic carbocycles. The topological polar surface area (TPSA) is 99.4 Å². The van der Waals surface area contributed by atoms with Crippen LogP contribution < -0.4 is 4.74 Å². The number of carboxylic acids is 1. The Bertz CT molecular complexity index is 948. The molecule has 174 valence electrons. The number of phenols is 1. The zero-order valence-electron chi connectivity index (χ0n) is 18.4. The summed E-state index contributed by atoms with van der Waals surface area (Å²) in [6, 6.07) is 8.88. The molecule has 0 atom stereocenters. The zero-order chi connectivity index (χ0) is 23.5. The molecule has 0 saturated carbocycles. The molecule has 0 bridgehead atoms. The number of carbonyl (C=O) groups is 1. The Balaban J connectivity index is 1.96. The molecule has 0 aliphatic rings. The Morgan fingerprint density at radius 1 is 1.19 bits per heavy atom. The molecule has 0 aliphatic heterocycles. The van der Waals surface area contributed by atoms with Crippen molar-refractivity contribution in [3.63, 3.8) is 0 Å². The van der Waals surface area contributed by atoms with Crippen LogP contribution >= 0.6 is 23.4 Å². The van der Waals surface area contributed by atoms with Crippen LogP contribution in [-0.4, -0.2) is 39.5 Å². The predicted octanol–water partition coefficient (Wildman–Crippen LogP) is 6.16. The highest BCUT2D eigenvalue weighted by Gasteiger charge is 2.17. The maximum absolute atomic E-state index is 10.8. The Morgan fingerprint density at radius 2 is 1.97 bits per heavy atom. The van der Waals surface area contributed by atoms with Crippen molar-refractivity contribution in [2.75, 3.05) is 12.4 Å². The maximum Gasteiger partial charge on any atom is 0.307 e. The van der Waals surface area contributed by atoms with Crippen LogP contribution in [0.15, 0.2) is 40.4 Å². The summed E-state index contributed by atoms with van der Waals surface area (Å²) in [7, 11) is 0. The van der Waals surface area contributed by atoms with Crippen molar-refractivity contribution in [2.45, 2.75) is 57.3 Å². The lowest BCUT2D eigenvalue weighted by Crippen LogP contribution is -2.06. The van der Waals surface area contributed by atoms with Crippen LogP contribution in [0.1, 0.15) is 56.2 Å². The summed E-state index contributed by atoms with van der Waals surface area (Å²) in [5.74, 6) is 0.657. The van der Waals surface area contributed by atoms with Gasteiger partial charge in [0.2, 0.25) is 0 Å². The number of benzene rings is 2. The Hall–Kier alpha value is -2.38. The van der Waals surface area contributed by atoms with Gasteiger partial charge in [-0.15, -0.1) is 11.8 Å². The average molecular weight is 480 g/mol. The van der Waals surface area contributed by atoms with E-state index < -0.39 is 5.97 Å². The Kier molecular flexibility index (Phi) is 10.7. The summed E-state index contributed by atoms with van der Waals surface area (Å²) >= 11 is 7.86. The lowest BCUT2D eigenvalue weighted by molar-refractivity contribution is -0.136. The summed E-state index contributed by atoms with van der Waals surface area (Å²) in [6.07, 6.45) is 3.61. The molecule has 6 nitrogen and oxygen atoms in total. The Morgan fingerprint density at radius 3 is 2.59 bits per heavy atom. The molecule has 8 heteroatoms. The van der Waals surface area contributed by atoms with E-state index in [9.17, 15) is 15.1 Å². The third-order valence-corrected chi connectivity index (χ3v) is 6.40. The quantitative estimate of drug-likeness (QED) is 0.104. The van der Waals surface area contributed by atoms with E-state index in [0.717, 1.165) is 35.5 Å². The van der Waals surface area contributed by atoms with Gasteiger partial charge in [-0.1, -0.05) is 49.5 Å². The van der Waals surface area contributed by atoms with Gasteiger partial charge in [0.05, 0.1) is 23.8 Å². The van der Waals surface area contributed by atoms with Gasteiger partial charge in [0, 0.05) is 21.8 Å². The summed E-state index contributed by atoms with van der Waals surface area (Å²) in [5, 5.41) is 32.8. The molecule has 0 amide bonds. The molecular formula is C24H30ClNO5S. The number of carboxylic acid groups (broad SMARTS) is 1. The van der Waals surface area contributed by atoms with E-state index in [4.69, 9.17) is 21.4 Å². The number of hydrogen-bond acceptors (Lipinski definition) is 6. The van der Waals surface area contributed by atoms with Crippen molar-refractivity contribution < 1.29 is 25.0 Å². The summed E-state index contributed by atoms with van der Waals surface area (Å²) in [4.78, 5) is 11.7. The number of phenolic OH excluding ortho intramolecular Hbond substituents is 1. The van der Waals surface area contributed by atoms with Gasteiger partial charge in [0.25, 0.3) is 0 Å². The normalized spacial score (nSPS) is 11.5. The Labute approximate surface area is 198 Å². The average Bonchev–Trinajstić information content (AvgIpc) is 2.75. The van der Waals surface area contributed by atoms with Crippen LogP contribution in [0.2, 0.25) is 5.02 Å². The highest BCUT2D eigenvalue weighted by molar-refractivity contribution is 7.99. The fourth-order valence-electron chi connectivity index (χ4n) is 3.32. The first-order chi connectivity index (χ1) is 15.4. The second kappa shape index (κ2) is 13.2. The van der Waals surface area contributed by atoms with Gasteiger partial charge >= 0.3 is 5.97 Å². The van der Waals surface area contributed by atoms with Crippen LogP contribution in [0, 0.1) is 0 Å². The molecule has 0 radical (unpaired) electrons. The molecule has 0 aromatic heterocycles. The van der Waals surface area contributed by atoms with Gasteiger partial charge in [0.1, 0.15) is 11.5 Å². The second-order valence-electron chi connectivity index (χ2n) is 7.37. The zero-order valence-corrected chi connectivity index (χ0v) is 20.0. The number of oxime groups is 1. The molecule has 2 aromatic rings. The van der Waals surface area contributed by atoms with E-state index in [1.165, 1.54) is 0 Å². The van der Waals surface area contributed by atoms with E-state index in [0.29, 0.717) is 47.1 Å². The number of aliphatic carboxylic acids is 1. The minimum absolute atomic E-state index is 0.0473. The summed E-state index contributed by atoms with van der Waals surface area (Å²) in [6.45, 7) is 4.50. The fourth-order valence-corrected chi connectivity index (χ4v) is 4.53. The number of halogens is 1. The van der Waals surface area contributed by atoms with Crippen LogP contribution in [0.4, 0.5) is 0 Å². The van der Waals surface area contributed by atoms with Gasteiger partial charge in [-0.2, -0.15) is 0 Å². The SMILES string of the molecule is CCC/C(=N/O)c1ccc(OCCCSc2ccc(CC(=O)O)cc2Cl)c(CCC)c1O. The fraction of sp³-hybridized carbons (Fsp3) is 0.417. The standard InChI is InChI=1S/C24H30ClNO5S/c1-3-6-18-21(10-9-17(24(18)29)20(26-30)7-4-2)31-12-5-13-32-22-11-8-16(14-19(22)25)15-23(27)28/h8-11,14,29-30H,3-7,12-13,15H2,1-2H3,(H,27,28)/b26-20-. The number of aromatic hydroxyl groups is 1. The third kappa shape index (κ3) is 7.35.